The van der Waals surface area contributed by atoms with Crippen molar-refractivity contribution >= 4 is 12.8 Å². The number of rotatable bonds is 0. The van der Waals surface area contributed by atoms with Gasteiger partial charge < -0.3 is 0 Å². The van der Waals surface area contributed by atoms with E-state index in [4.69, 9.17) is 0 Å². The summed E-state index contributed by atoms with van der Waals surface area (Å²) < 4.78 is 2.09. The van der Waals surface area contributed by atoms with Gasteiger partial charge in [-0.15, -0.1) is 0 Å². The van der Waals surface area contributed by atoms with Crippen molar-refractivity contribution in [2.24, 2.45) is 0 Å². The van der Waals surface area contributed by atoms with Crippen molar-refractivity contribution < 1.29 is 0 Å². The van der Waals surface area contributed by atoms with Crippen LogP contribution in [-0.2, 0) is 0 Å². The molecule has 0 bridgehead atoms. The number of thiol groups is 1. The van der Waals surface area contributed by atoms with Crippen LogP contribution >= 0.6 is 12.8 Å². The summed E-state index contributed by atoms with van der Waals surface area (Å²) in [5, 5.41) is 0. The van der Waals surface area contributed by atoms with Gasteiger partial charge in [0.25, 0.3) is 0 Å². The van der Waals surface area contributed by atoms with Gasteiger partial charge >= 0.3 is 0 Å². The highest BCUT2D eigenvalue weighted by atomic mass is 32.1. The summed E-state index contributed by atoms with van der Waals surface area (Å²) in [6, 6.07) is 0. The summed E-state index contributed by atoms with van der Waals surface area (Å²) >= 11 is 4.19. The van der Waals surface area contributed by atoms with Crippen molar-refractivity contribution in [3.05, 3.63) is 0 Å². The molecule has 0 aromatic rings. The third kappa shape index (κ3) is 6.43. The molecule has 0 atom stereocenters. The van der Waals surface area contributed by atoms with E-state index in [2.05, 4.69) is 31.0 Å². The summed E-state index contributed by atoms with van der Waals surface area (Å²) in [5.41, 5.74) is 0. The van der Waals surface area contributed by atoms with Crippen LogP contribution in [0.15, 0.2) is 0 Å². The molecule has 0 aliphatic carbocycles. The van der Waals surface area contributed by atoms with Crippen LogP contribution in [0.5, 0.6) is 0 Å². The SMILES string of the molecule is CCC.SN1CCCCC1. The molecule has 1 saturated heterocycles. The summed E-state index contributed by atoms with van der Waals surface area (Å²) in [6.07, 6.45) is 5.32. The molecule has 0 aromatic heterocycles. The van der Waals surface area contributed by atoms with E-state index in [0.29, 0.717) is 0 Å². The highest BCUT2D eigenvalue weighted by Gasteiger charge is 2.03. The summed E-state index contributed by atoms with van der Waals surface area (Å²) in [6.45, 7) is 6.62. The molecule has 1 aliphatic heterocycles. The van der Waals surface area contributed by atoms with Crippen molar-refractivity contribution in [1.29, 1.82) is 0 Å². The molecule has 10 heavy (non-hydrogen) atoms. The Bertz CT molecular complexity index is 60.3. The molecule has 62 valence electrons. The molecule has 0 N–H and O–H groups in total. The summed E-state index contributed by atoms with van der Waals surface area (Å²) in [4.78, 5) is 0. The maximum atomic E-state index is 4.19. The zero-order valence-electron chi connectivity index (χ0n) is 7.14. The smallest absolute Gasteiger partial charge is 0.00869 e. The number of nitrogens with zero attached hydrogens (tertiary/aromatic N) is 1. The van der Waals surface area contributed by atoms with E-state index in [0.717, 1.165) is 0 Å². The minimum absolute atomic E-state index is 1.18. The standard InChI is InChI=1S/C5H11NS.C3H8/c7-6-4-2-1-3-5-6;1-3-2/h7H,1-5H2;3H2,1-2H3. The Labute approximate surface area is 70.3 Å². The first-order valence-corrected chi connectivity index (χ1v) is 4.65. The lowest BCUT2D eigenvalue weighted by molar-refractivity contribution is 0.385. The van der Waals surface area contributed by atoms with Gasteiger partial charge in [-0.2, -0.15) is 0 Å². The van der Waals surface area contributed by atoms with Gasteiger partial charge in [0.2, 0.25) is 0 Å². The average Bonchev–Trinajstić information content (AvgIpc) is 1.91. The Morgan fingerprint density at radius 3 is 1.70 bits per heavy atom. The Hall–Kier alpha value is 0.310. The summed E-state index contributed by atoms with van der Waals surface area (Å²) in [5.74, 6) is 0. The molecule has 1 heterocycles. The van der Waals surface area contributed by atoms with Crippen LogP contribution in [-0.4, -0.2) is 17.4 Å². The minimum atomic E-state index is 1.18. The van der Waals surface area contributed by atoms with Crippen LogP contribution in [0, 0.1) is 0 Å². The molecule has 2 heteroatoms. The van der Waals surface area contributed by atoms with Crippen LogP contribution in [0.3, 0.4) is 0 Å². The van der Waals surface area contributed by atoms with E-state index in [1.165, 1.54) is 38.8 Å². The van der Waals surface area contributed by atoms with E-state index in [1.807, 2.05) is 0 Å². The normalized spacial score (nSPS) is 19.5. The number of hydrogen-bond acceptors (Lipinski definition) is 2. The van der Waals surface area contributed by atoms with Crippen molar-refractivity contribution in [3.63, 3.8) is 0 Å². The zero-order valence-corrected chi connectivity index (χ0v) is 8.03. The van der Waals surface area contributed by atoms with Crippen molar-refractivity contribution in [2.45, 2.75) is 39.5 Å². The third-order valence-corrected chi connectivity index (χ3v) is 1.73. The molecule has 1 nitrogen and oxygen atoms in total. The molecular weight excluding hydrogens is 142 g/mol. The Kier molecular flexibility index (Phi) is 7.65. The second kappa shape index (κ2) is 7.42. The van der Waals surface area contributed by atoms with E-state index < -0.39 is 0 Å². The molecule has 0 aromatic carbocycles. The lowest BCUT2D eigenvalue weighted by atomic mass is 10.2. The van der Waals surface area contributed by atoms with Crippen LogP contribution in [0.2, 0.25) is 0 Å². The van der Waals surface area contributed by atoms with Crippen molar-refractivity contribution in [1.82, 2.24) is 4.31 Å². The van der Waals surface area contributed by atoms with Crippen molar-refractivity contribution in [3.8, 4) is 0 Å². The number of piperidine rings is 1. The Morgan fingerprint density at radius 2 is 1.50 bits per heavy atom. The van der Waals surface area contributed by atoms with Gasteiger partial charge in [0.1, 0.15) is 0 Å². The molecule has 1 rings (SSSR count). The van der Waals surface area contributed by atoms with Gasteiger partial charge in [-0.3, -0.25) is 4.31 Å². The quantitative estimate of drug-likeness (QED) is 0.535. The van der Waals surface area contributed by atoms with Crippen molar-refractivity contribution in [2.75, 3.05) is 13.1 Å². The Morgan fingerprint density at radius 1 is 1.10 bits per heavy atom. The summed E-state index contributed by atoms with van der Waals surface area (Å²) in [7, 11) is 0. The highest BCUT2D eigenvalue weighted by molar-refractivity contribution is 7.77. The van der Waals surface area contributed by atoms with E-state index in [9.17, 15) is 0 Å². The second-order valence-corrected chi connectivity index (χ2v) is 3.29. The largest absolute Gasteiger partial charge is 0.253 e. The average molecular weight is 161 g/mol. The molecular formula is C8H19NS. The molecule has 0 saturated carbocycles. The minimum Gasteiger partial charge on any atom is -0.253 e. The zero-order chi connectivity index (χ0) is 7.82. The third-order valence-electron chi connectivity index (χ3n) is 1.33. The first-order chi connectivity index (χ1) is 4.81. The molecule has 0 amide bonds. The lowest BCUT2D eigenvalue weighted by Crippen LogP contribution is -2.19. The molecule has 0 spiro atoms. The maximum absolute atomic E-state index is 4.19. The predicted molar refractivity (Wildman–Crippen MR) is 50.4 cm³/mol. The van der Waals surface area contributed by atoms with Gasteiger partial charge in [0.15, 0.2) is 0 Å². The fourth-order valence-corrected chi connectivity index (χ4v) is 1.16. The Balaban J connectivity index is 0.000000236. The van der Waals surface area contributed by atoms with Crippen LogP contribution in [0.25, 0.3) is 0 Å². The van der Waals surface area contributed by atoms with Crippen LogP contribution in [0.1, 0.15) is 39.5 Å². The maximum Gasteiger partial charge on any atom is 0.00869 e. The van der Waals surface area contributed by atoms with E-state index in [-0.39, 0.29) is 0 Å². The first-order valence-electron chi connectivity index (χ1n) is 4.25. The molecule has 0 radical (unpaired) electrons. The van der Waals surface area contributed by atoms with Gasteiger partial charge in [-0.05, 0) is 12.8 Å². The monoisotopic (exact) mass is 161 g/mol. The van der Waals surface area contributed by atoms with Crippen LogP contribution in [0.4, 0.5) is 0 Å². The first kappa shape index (κ1) is 10.3. The van der Waals surface area contributed by atoms with Gasteiger partial charge in [-0.25, -0.2) is 0 Å². The highest BCUT2D eigenvalue weighted by Crippen LogP contribution is 2.08. The lowest BCUT2D eigenvalue weighted by Gasteiger charge is -2.19. The van der Waals surface area contributed by atoms with E-state index in [1.54, 1.807) is 0 Å². The van der Waals surface area contributed by atoms with E-state index >= 15 is 0 Å². The fraction of sp³-hybridized carbons (Fsp3) is 1.00. The second-order valence-electron chi connectivity index (χ2n) is 2.72. The molecule has 1 aliphatic rings. The molecule has 1 fully saturated rings. The number of hydrogen-bond donors (Lipinski definition) is 1. The molecule has 0 unspecified atom stereocenters. The topological polar surface area (TPSA) is 3.24 Å². The van der Waals surface area contributed by atoms with Gasteiger partial charge in [-0.1, -0.05) is 39.5 Å². The predicted octanol–water partition coefficient (Wildman–Crippen LogP) is 2.73. The fourth-order valence-electron chi connectivity index (χ4n) is 0.877. The van der Waals surface area contributed by atoms with Gasteiger partial charge in [0.05, 0.1) is 0 Å². The van der Waals surface area contributed by atoms with Crippen LogP contribution < -0.4 is 0 Å². The van der Waals surface area contributed by atoms with Gasteiger partial charge in [0, 0.05) is 13.1 Å².